The zero-order valence-electron chi connectivity index (χ0n) is 21.5. The minimum absolute atomic E-state index is 0.102. The quantitative estimate of drug-likeness (QED) is 0.294. The molecule has 0 spiro atoms. The fourth-order valence-corrected chi connectivity index (χ4v) is 8.74. The lowest BCUT2D eigenvalue weighted by atomic mass is 9.83. The number of nitrogens with one attached hydrogen (secondary N) is 1. The molecule has 3 N–H and O–H groups in total. The van der Waals surface area contributed by atoms with Gasteiger partial charge >= 0.3 is 4.87 Å². The summed E-state index contributed by atoms with van der Waals surface area (Å²) in [7, 11) is -3.89. The second-order valence-electron chi connectivity index (χ2n) is 9.68. The molecule has 1 saturated heterocycles. The summed E-state index contributed by atoms with van der Waals surface area (Å²) in [4.78, 5) is 55.2. The number of hydrogen-bond acceptors (Lipinski definition) is 8. The van der Waals surface area contributed by atoms with E-state index in [0.29, 0.717) is 21.3 Å². The second-order valence-corrected chi connectivity index (χ2v) is 14.3. The molecule has 3 amide bonds. The average molecular weight is 686 g/mol. The first kappa shape index (κ1) is 28.6. The van der Waals surface area contributed by atoms with E-state index in [2.05, 4.69) is 21.2 Å². The molecule has 2 aliphatic rings. The molecule has 10 nitrogen and oxygen atoms in total. The summed E-state index contributed by atoms with van der Waals surface area (Å²) >= 11 is 5.47. The van der Waals surface area contributed by atoms with Crippen molar-refractivity contribution in [1.29, 1.82) is 0 Å². The maximum atomic E-state index is 13.9. The number of nitrogens with zero attached hydrogens (tertiary/aromatic N) is 2. The number of nitrogens with two attached hydrogens (primary N) is 1. The summed E-state index contributed by atoms with van der Waals surface area (Å²) in [5.41, 5.74) is 1.57. The Balaban J connectivity index is 1.35. The minimum atomic E-state index is -3.89. The summed E-state index contributed by atoms with van der Waals surface area (Å²) < 4.78 is 25.2. The number of benzene rings is 3. The molecule has 3 aromatic carbocycles. The van der Waals surface area contributed by atoms with Gasteiger partial charge < -0.3 is 5.32 Å². The number of halogens is 1. The van der Waals surface area contributed by atoms with E-state index in [0.717, 1.165) is 33.1 Å². The number of thioether (sulfide) groups is 1. The number of primary sulfonamides is 1. The summed E-state index contributed by atoms with van der Waals surface area (Å²) in [6.45, 7) is -0.341. The van der Waals surface area contributed by atoms with Crippen LogP contribution in [0.2, 0.25) is 0 Å². The van der Waals surface area contributed by atoms with Crippen LogP contribution in [0.5, 0.6) is 0 Å². The van der Waals surface area contributed by atoms with Crippen LogP contribution >= 0.6 is 39.0 Å². The molecule has 1 aromatic heterocycles. The maximum absolute atomic E-state index is 13.9. The molecular weight excluding hydrogens is 664 g/mol. The Morgan fingerprint density at radius 3 is 2.24 bits per heavy atom. The first-order valence-corrected chi connectivity index (χ1v) is 16.6. The number of carbonyl (C=O) groups excluding carboxylic acids is 3. The number of amides is 3. The van der Waals surface area contributed by atoms with Crippen molar-refractivity contribution in [3.8, 4) is 0 Å². The SMILES string of the molecule is NS(=O)(=O)c1ccc(NC(=O)Cn2c3c(sc2=O)C(c2ccccc2)C2C(=O)N(c4ccc(Br)cc4)C(=O)C2S3)cc1. The molecule has 4 aromatic rings. The van der Waals surface area contributed by atoms with Gasteiger partial charge in [0.1, 0.15) is 11.8 Å². The Morgan fingerprint density at radius 2 is 1.60 bits per heavy atom. The van der Waals surface area contributed by atoms with Gasteiger partial charge in [-0.05, 0) is 54.1 Å². The third-order valence-corrected chi connectivity index (χ3v) is 11.1. The van der Waals surface area contributed by atoms with Gasteiger partial charge in [0.2, 0.25) is 27.7 Å². The van der Waals surface area contributed by atoms with Crippen LogP contribution in [0.4, 0.5) is 11.4 Å². The highest BCUT2D eigenvalue weighted by Gasteiger charge is 2.56. The highest BCUT2D eigenvalue weighted by molar-refractivity contribution is 9.10. The van der Waals surface area contributed by atoms with Crippen LogP contribution in [0.25, 0.3) is 0 Å². The van der Waals surface area contributed by atoms with Gasteiger partial charge in [0.15, 0.2) is 0 Å². The van der Waals surface area contributed by atoms with E-state index in [-0.39, 0.29) is 23.3 Å². The predicted octanol–water partition coefficient (Wildman–Crippen LogP) is 3.75. The Labute approximate surface area is 256 Å². The molecule has 214 valence electrons. The van der Waals surface area contributed by atoms with Crippen LogP contribution in [0.1, 0.15) is 16.4 Å². The van der Waals surface area contributed by atoms with E-state index in [1.165, 1.54) is 33.7 Å². The lowest BCUT2D eigenvalue weighted by Gasteiger charge is -2.30. The molecule has 14 heteroatoms. The van der Waals surface area contributed by atoms with Gasteiger partial charge in [0.25, 0.3) is 0 Å². The van der Waals surface area contributed by atoms with E-state index in [4.69, 9.17) is 5.14 Å². The fraction of sp³-hybridized carbons (Fsp3) is 0.143. The van der Waals surface area contributed by atoms with Crippen molar-refractivity contribution in [3.05, 3.63) is 103 Å². The summed E-state index contributed by atoms with van der Waals surface area (Å²) in [6, 6.07) is 21.5. The number of anilines is 2. The molecule has 0 bridgehead atoms. The van der Waals surface area contributed by atoms with Crippen LogP contribution in [0.3, 0.4) is 0 Å². The number of carbonyl (C=O) groups is 3. The highest BCUT2D eigenvalue weighted by atomic mass is 79.9. The summed E-state index contributed by atoms with van der Waals surface area (Å²) in [5, 5.41) is 7.46. The number of thiazole rings is 1. The molecule has 42 heavy (non-hydrogen) atoms. The van der Waals surface area contributed by atoms with Gasteiger partial charge in [-0.2, -0.15) is 0 Å². The fourth-order valence-electron chi connectivity index (χ4n) is 5.19. The van der Waals surface area contributed by atoms with Crippen molar-refractivity contribution < 1.29 is 22.8 Å². The Bertz CT molecular complexity index is 1890. The summed E-state index contributed by atoms with van der Waals surface area (Å²) in [5.74, 6) is -2.54. The zero-order valence-corrected chi connectivity index (χ0v) is 25.5. The number of hydrogen-bond donors (Lipinski definition) is 2. The van der Waals surface area contributed by atoms with E-state index >= 15 is 0 Å². The lowest BCUT2D eigenvalue weighted by molar-refractivity contribution is -0.122. The van der Waals surface area contributed by atoms with Crippen molar-refractivity contribution in [1.82, 2.24) is 4.57 Å². The van der Waals surface area contributed by atoms with E-state index in [1.807, 2.05) is 30.3 Å². The highest BCUT2D eigenvalue weighted by Crippen LogP contribution is 2.53. The maximum Gasteiger partial charge on any atom is 0.308 e. The Morgan fingerprint density at radius 1 is 0.929 bits per heavy atom. The first-order valence-electron chi connectivity index (χ1n) is 12.5. The molecule has 1 fully saturated rings. The number of rotatable bonds is 6. The standard InChI is InChI=1S/C28H21BrN4O6S3/c29-16-6-10-18(11-7-16)33-25(35)22-21(15-4-2-1-3-5-15)24-27(40-23(22)26(33)36)32(28(37)41-24)14-20(34)31-17-8-12-19(13-9-17)42(30,38)39/h1-13,21-23H,14H2,(H,31,34)(H2,30,38,39). The first-order chi connectivity index (χ1) is 20.0. The van der Waals surface area contributed by atoms with Crippen LogP contribution in [-0.4, -0.2) is 36.0 Å². The molecule has 0 aliphatic carbocycles. The van der Waals surface area contributed by atoms with Crippen molar-refractivity contribution in [2.24, 2.45) is 11.1 Å². The third-order valence-electron chi connectivity index (χ3n) is 7.06. The number of imide groups is 1. The summed E-state index contributed by atoms with van der Waals surface area (Å²) in [6.07, 6.45) is 0. The monoisotopic (exact) mass is 684 g/mol. The molecule has 2 aliphatic heterocycles. The lowest BCUT2D eigenvalue weighted by Crippen LogP contribution is -2.33. The average Bonchev–Trinajstić information content (AvgIpc) is 3.40. The third kappa shape index (κ3) is 5.13. The van der Waals surface area contributed by atoms with Gasteiger partial charge in [-0.25, -0.2) is 18.5 Å². The van der Waals surface area contributed by atoms with E-state index in [9.17, 15) is 27.6 Å². The molecule has 3 heterocycles. The van der Waals surface area contributed by atoms with Gasteiger partial charge in [0, 0.05) is 21.0 Å². The predicted molar refractivity (Wildman–Crippen MR) is 163 cm³/mol. The van der Waals surface area contributed by atoms with Gasteiger partial charge in [-0.15, -0.1) is 0 Å². The smallest absolute Gasteiger partial charge is 0.308 e. The van der Waals surface area contributed by atoms with Crippen molar-refractivity contribution in [3.63, 3.8) is 0 Å². The van der Waals surface area contributed by atoms with Gasteiger partial charge in [-0.3, -0.25) is 23.7 Å². The van der Waals surface area contributed by atoms with Crippen LogP contribution in [0, 0.1) is 5.92 Å². The van der Waals surface area contributed by atoms with E-state index in [1.54, 1.807) is 24.3 Å². The van der Waals surface area contributed by atoms with E-state index < -0.39 is 37.9 Å². The molecular formula is C28H21BrN4O6S3. The molecule has 6 rings (SSSR count). The molecule has 3 unspecified atom stereocenters. The topological polar surface area (TPSA) is 149 Å². The Hall–Kier alpha value is -3.56. The van der Waals surface area contributed by atoms with Crippen LogP contribution < -0.4 is 20.2 Å². The normalized spacial score (nSPS) is 19.9. The van der Waals surface area contributed by atoms with Crippen LogP contribution in [0.15, 0.2) is 98.1 Å². The zero-order chi connectivity index (χ0) is 29.8. The van der Waals surface area contributed by atoms with Crippen molar-refractivity contribution >= 4 is 78.1 Å². The number of aromatic nitrogens is 1. The molecule has 3 atom stereocenters. The van der Waals surface area contributed by atoms with Crippen molar-refractivity contribution in [2.45, 2.75) is 27.6 Å². The Kier molecular flexibility index (Phi) is 7.43. The van der Waals surface area contributed by atoms with Crippen LogP contribution in [-0.2, 0) is 31.0 Å². The molecule has 0 saturated carbocycles. The van der Waals surface area contributed by atoms with Gasteiger partial charge in [-0.1, -0.05) is 69.4 Å². The largest absolute Gasteiger partial charge is 0.325 e. The second kappa shape index (κ2) is 10.9. The number of fused-ring (bicyclic) bond motifs is 2. The minimum Gasteiger partial charge on any atom is -0.325 e. The molecule has 0 radical (unpaired) electrons. The van der Waals surface area contributed by atoms with Crippen molar-refractivity contribution in [2.75, 3.05) is 10.2 Å². The number of sulfonamides is 1. The van der Waals surface area contributed by atoms with Gasteiger partial charge in [0.05, 0.1) is 21.5 Å².